The molecule has 0 saturated heterocycles. The highest BCUT2D eigenvalue weighted by Gasteiger charge is 2.30. The first-order chi connectivity index (χ1) is 14.5. The normalized spacial score (nSPS) is 18.7. The molecule has 2 heterocycles. The highest BCUT2D eigenvalue weighted by molar-refractivity contribution is 5.99. The number of para-hydroxylation sites is 1. The van der Waals surface area contributed by atoms with Crippen molar-refractivity contribution in [1.82, 2.24) is 15.2 Å². The molecule has 2 atom stereocenters. The SMILES string of the molecule is CCCCC(C(=O)O)C(=O)NC1Cc2cn(c3ccccc23)CCCCCNC1=O. The number of hydrogen-bond acceptors (Lipinski definition) is 3. The second-order valence-electron chi connectivity index (χ2n) is 8.01. The van der Waals surface area contributed by atoms with Gasteiger partial charge in [-0.15, -0.1) is 0 Å². The van der Waals surface area contributed by atoms with Gasteiger partial charge in [-0.25, -0.2) is 0 Å². The minimum absolute atomic E-state index is 0.264. The second kappa shape index (κ2) is 10.3. The Morgan fingerprint density at radius 2 is 2.07 bits per heavy atom. The summed E-state index contributed by atoms with van der Waals surface area (Å²) in [5, 5.41) is 16.2. The molecule has 2 amide bonds. The topological polar surface area (TPSA) is 100 Å². The fraction of sp³-hybridized carbons (Fsp3) is 0.522. The number of unbranched alkanes of at least 4 members (excludes halogenated alkanes) is 1. The molecule has 7 nitrogen and oxygen atoms in total. The minimum Gasteiger partial charge on any atom is -0.481 e. The van der Waals surface area contributed by atoms with Gasteiger partial charge in [0, 0.05) is 36.6 Å². The number of hydrogen-bond donors (Lipinski definition) is 3. The zero-order valence-corrected chi connectivity index (χ0v) is 17.5. The fourth-order valence-electron chi connectivity index (χ4n) is 4.07. The van der Waals surface area contributed by atoms with E-state index in [0.29, 0.717) is 19.4 Å². The summed E-state index contributed by atoms with van der Waals surface area (Å²) in [7, 11) is 0. The van der Waals surface area contributed by atoms with Crippen LogP contribution in [0.5, 0.6) is 0 Å². The Hall–Kier alpha value is -2.83. The molecule has 162 valence electrons. The van der Waals surface area contributed by atoms with Crippen molar-refractivity contribution in [3.05, 3.63) is 36.0 Å². The highest BCUT2D eigenvalue weighted by Crippen LogP contribution is 2.24. The monoisotopic (exact) mass is 413 g/mol. The Morgan fingerprint density at radius 1 is 1.27 bits per heavy atom. The third-order valence-electron chi connectivity index (χ3n) is 5.76. The van der Waals surface area contributed by atoms with Gasteiger partial charge < -0.3 is 20.3 Å². The van der Waals surface area contributed by atoms with E-state index in [1.54, 1.807) is 0 Å². The maximum absolute atomic E-state index is 12.8. The van der Waals surface area contributed by atoms with Crippen molar-refractivity contribution in [2.45, 2.75) is 64.5 Å². The van der Waals surface area contributed by atoms with Crippen LogP contribution in [0.3, 0.4) is 0 Å². The summed E-state index contributed by atoms with van der Waals surface area (Å²) in [6.07, 6.45) is 7.01. The molecule has 0 saturated carbocycles. The van der Waals surface area contributed by atoms with Crippen molar-refractivity contribution in [1.29, 1.82) is 0 Å². The van der Waals surface area contributed by atoms with Gasteiger partial charge >= 0.3 is 5.97 Å². The minimum atomic E-state index is -1.15. The van der Waals surface area contributed by atoms with Crippen molar-refractivity contribution in [3.8, 4) is 0 Å². The largest absolute Gasteiger partial charge is 0.481 e. The Kier molecular flexibility index (Phi) is 7.49. The number of carbonyl (C=O) groups excluding carboxylic acids is 2. The van der Waals surface area contributed by atoms with Gasteiger partial charge in [0.1, 0.15) is 12.0 Å². The quantitative estimate of drug-likeness (QED) is 0.634. The Bertz CT molecular complexity index is 905. The van der Waals surface area contributed by atoms with Crippen LogP contribution in [-0.4, -0.2) is 40.0 Å². The number of carboxylic acid groups (broad SMARTS) is 1. The van der Waals surface area contributed by atoms with E-state index in [2.05, 4.69) is 27.5 Å². The molecule has 0 fully saturated rings. The molecule has 1 aromatic carbocycles. The van der Waals surface area contributed by atoms with Crippen LogP contribution in [0.2, 0.25) is 0 Å². The zero-order chi connectivity index (χ0) is 21.5. The average molecular weight is 414 g/mol. The second-order valence-corrected chi connectivity index (χ2v) is 8.01. The van der Waals surface area contributed by atoms with Crippen LogP contribution < -0.4 is 10.6 Å². The summed E-state index contributed by atoms with van der Waals surface area (Å²) in [4.78, 5) is 37.2. The number of aliphatic carboxylic acids is 1. The number of aromatic nitrogens is 1. The number of fused-ring (bicyclic) bond motifs is 5. The lowest BCUT2D eigenvalue weighted by atomic mass is 9.99. The van der Waals surface area contributed by atoms with Crippen LogP contribution in [0.25, 0.3) is 10.9 Å². The van der Waals surface area contributed by atoms with Gasteiger partial charge in [-0.1, -0.05) is 38.0 Å². The molecule has 0 aliphatic carbocycles. The lowest BCUT2D eigenvalue weighted by Gasteiger charge is -2.21. The van der Waals surface area contributed by atoms with Crippen molar-refractivity contribution in [3.63, 3.8) is 0 Å². The smallest absolute Gasteiger partial charge is 0.316 e. The molecule has 1 aliphatic rings. The van der Waals surface area contributed by atoms with Crippen molar-refractivity contribution >= 4 is 28.7 Å². The van der Waals surface area contributed by atoms with Crippen molar-refractivity contribution < 1.29 is 19.5 Å². The standard InChI is InChI=1S/C23H31N3O4/c1-2-3-9-18(23(29)30)21(27)25-19-14-16-15-26(20-11-6-5-10-17(16)20)13-8-4-7-12-24-22(19)28/h5-6,10-11,15,18-19H,2-4,7-9,12-14H2,1H3,(H,24,28)(H,25,27)(H,29,30). The van der Waals surface area contributed by atoms with Crippen LogP contribution in [0.4, 0.5) is 0 Å². The summed E-state index contributed by atoms with van der Waals surface area (Å²) in [5.41, 5.74) is 2.09. The predicted octanol–water partition coefficient (Wildman–Crippen LogP) is 2.86. The van der Waals surface area contributed by atoms with E-state index in [4.69, 9.17) is 0 Å². The number of carbonyl (C=O) groups is 3. The molecule has 2 unspecified atom stereocenters. The first kappa shape index (κ1) is 21.9. The predicted molar refractivity (Wildman–Crippen MR) is 115 cm³/mol. The average Bonchev–Trinajstić information content (AvgIpc) is 3.07. The maximum Gasteiger partial charge on any atom is 0.316 e. The summed E-state index contributed by atoms with van der Waals surface area (Å²) in [6.45, 7) is 3.41. The summed E-state index contributed by atoms with van der Waals surface area (Å²) < 4.78 is 2.21. The first-order valence-corrected chi connectivity index (χ1v) is 10.9. The molecule has 2 aromatic rings. The third-order valence-corrected chi connectivity index (χ3v) is 5.76. The summed E-state index contributed by atoms with van der Waals surface area (Å²) in [6, 6.07) is 7.25. The number of carboxylic acids is 1. The van der Waals surface area contributed by atoms with Crippen molar-refractivity contribution in [2.24, 2.45) is 5.92 Å². The van der Waals surface area contributed by atoms with Crippen LogP contribution in [-0.2, 0) is 27.3 Å². The van der Waals surface area contributed by atoms with Gasteiger partial charge in [-0.2, -0.15) is 0 Å². The van der Waals surface area contributed by atoms with Crippen LogP contribution in [0.15, 0.2) is 30.5 Å². The van der Waals surface area contributed by atoms with Gasteiger partial charge in [0.15, 0.2) is 0 Å². The van der Waals surface area contributed by atoms with Crippen LogP contribution >= 0.6 is 0 Å². The molecule has 30 heavy (non-hydrogen) atoms. The fourth-order valence-corrected chi connectivity index (χ4v) is 4.07. The number of nitrogens with one attached hydrogen (secondary N) is 2. The first-order valence-electron chi connectivity index (χ1n) is 10.9. The van der Waals surface area contributed by atoms with Crippen molar-refractivity contribution in [2.75, 3.05) is 6.54 Å². The summed E-state index contributed by atoms with van der Waals surface area (Å²) in [5.74, 6) is -3.14. The molecular formula is C23H31N3O4. The zero-order valence-electron chi connectivity index (χ0n) is 17.5. The molecule has 0 spiro atoms. The number of aryl methyl sites for hydroxylation is 1. The number of rotatable bonds is 6. The van der Waals surface area contributed by atoms with Crippen LogP contribution in [0.1, 0.15) is 51.0 Å². The maximum atomic E-state index is 12.8. The van der Waals surface area contributed by atoms with Gasteiger partial charge in [0.2, 0.25) is 11.8 Å². The Labute approximate surface area is 176 Å². The molecule has 1 aliphatic heterocycles. The number of amides is 2. The molecule has 2 bridgehead atoms. The van der Waals surface area contributed by atoms with Gasteiger partial charge in [0.25, 0.3) is 0 Å². The van der Waals surface area contributed by atoms with E-state index < -0.39 is 23.8 Å². The van der Waals surface area contributed by atoms with E-state index in [0.717, 1.165) is 48.7 Å². The summed E-state index contributed by atoms with van der Waals surface area (Å²) >= 11 is 0. The molecule has 3 rings (SSSR count). The highest BCUT2D eigenvalue weighted by atomic mass is 16.4. The van der Waals surface area contributed by atoms with E-state index in [9.17, 15) is 19.5 Å². The van der Waals surface area contributed by atoms with E-state index in [-0.39, 0.29) is 12.3 Å². The van der Waals surface area contributed by atoms with Crippen LogP contribution in [0, 0.1) is 5.92 Å². The lowest BCUT2D eigenvalue weighted by Crippen LogP contribution is -2.50. The molecule has 1 aromatic heterocycles. The third kappa shape index (κ3) is 5.20. The van der Waals surface area contributed by atoms with Gasteiger partial charge in [-0.3, -0.25) is 14.4 Å². The lowest BCUT2D eigenvalue weighted by molar-refractivity contribution is -0.148. The van der Waals surface area contributed by atoms with Gasteiger partial charge in [0.05, 0.1) is 0 Å². The molecule has 7 heteroatoms. The van der Waals surface area contributed by atoms with E-state index in [1.165, 1.54) is 0 Å². The van der Waals surface area contributed by atoms with Gasteiger partial charge in [-0.05, 0) is 37.3 Å². The molecule has 3 N–H and O–H groups in total. The number of benzene rings is 1. The van der Waals surface area contributed by atoms with E-state index >= 15 is 0 Å². The molecular weight excluding hydrogens is 382 g/mol. The molecule has 0 radical (unpaired) electrons. The number of nitrogens with zero attached hydrogens (tertiary/aromatic N) is 1. The Balaban J connectivity index is 1.88. The Morgan fingerprint density at radius 3 is 2.83 bits per heavy atom. The van der Waals surface area contributed by atoms with E-state index in [1.807, 2.05) is 25.1 Å².